The van der Waals surface area contributed by atoms with Crippen molar-refractivity contribution in [2.75, 3.05) is 6.61 Å². The van der Waals surface area contributed by atoms with Gasteiger partial charge in [0.15, 0.2) is 0 Å². The lowest BCUT2D eigenvalue weighted by molar-refractivity contribution is -0.140. The number of hydrogen-bond donors (Lipinski definition) is 2. The van der Waals surface area contributed by atoms with E-state index in [4.69, 9.17) is 21.4 Å². The van der Waals surface area contributed by atoms with Gasteiger partial charge in [-0.2, -0.15) is 0 Å². The Morgan fingerprint density at radius 2 is 2.09 bits per heavy atom. The summed E-state index contributed by atoms with van der Waals surface area (Å²) in [5.41, 5.74) is -0.0487. The minimum Gasteiger partial charge on any atom is -0.480 e. The van der Waals surface area contributed by atoms with Crippen molar-refractivity contribution in [3.05, 3.63) is 22.8 Å². The van der Waals surface area contributed by atoms with E-state index in [-0.39, 0.29) is 22.4 Å². The summed E-state index contributed by atoms with van der Waals surface area (Å²) in [5.74, 6) is -2.02. The lowest BCUT2D eigenvalue weighted by atomic mass is 10.2. The smallest absolute Gasteiger partial charge is 0.326 e. The van der Waals surface area contributed by atoms with Gasteiger partial charge in [-0.25, -0.2) is 18.6 Å². The number of ether oxygens (including phenoxy) is 1. The summed E-state index contributed by atoms with van der Waals surface area (Å²) in [5, 5.41) is 10.9. The van der Waals surface area contributed by atoms with E-state index < -0.39 is 30.8 Å². The zero-order valence-corrected chi connectivity index (χ0v) is 13.3. The second-order valence-corrected chi connectivity index (χ2v) is 5.61. The van der Waals surface area contributed by atoms with E-state index >= 15 is 0 Å². The molecule has 0 aliphatic rings. The molecule has 1 unspecified atom stereocenters. The van der Waals surface area contributed by atoms with E-state index in [1.165, 1.54) is 6.07 Å². The van der Waals surface area contributed by atoms with Gasteiger partial charge >= 0.3 is 5.97 Å². The Morgan fingerprint density at radius 3 is 2.57 bits per heavy atom. The van der Waals surface area contributed by atoms with E-state index in [9.17, 15) is 18.4 Å². The number of nitrogens with zero attached hydrogens (tertiary/aromatic N) is 1. The summed E-state index contributed by atoms with van der Waals surface area (Å²) < 4.78 is 29.9. The Balaban J connectivity index is 2.79. The van der Waals surface area contributed by atoms with Gasteiger partial charge in [-0.3, -0.25) is 4.79 Å². The molecule has 0 aliphatic carbocycles. The molecule has 1 rings (SSSR count). The maximum absolute atomic E-state index is 12.3. The van der Waals surface area contributed by atoms with Gasteiger partial charge < -0.3 is 15.2 Å². The van der Waals surface area contributed by atoms with Crippen LogP contribution in [0.4, 0.5) is 8.78 Å². The molecule has 2 N–H and O–H groups in total. The number of carboxylic acid groups (broad SMARTS) is 1. The van der Waals surface area contributed by atoms with Gasteiger partial charge in [0.25, 0.3) is 5.91 Å². The molecule has 0 saturated carbocycles. The number of carbonyl (C=O) groups excluding carboxylic acids is 1. The molecule has 0 saturated heterocycles. The number of aliphatic carboxylic acids is 1. The molecule has 0 radical (unpaired) electrons. The van der Waals surface area contributed by atoms with Gasteiger partial charge in [-0.1, -0.05) is 25.4 Å². The van der Waals surface area contributed by atoms with Crippen LogP contribution in [-0.4, -0.2) is 41.0 Å². The molecule has 0 fully saturated rings. The third-order valence-corrected chi connectivity index (χ3v) is 2.91. The summed E-state index contributed by atoms with van der Waals surface area (Å²) in [6, 6.07) is -0.459. The lowest BCUT2D eigenvalue weighted by Gasteiger charge is -2.14. The first kappa shape index (κ1) is 19.1. The van der Waals surface area contributed by atoms with E-state index in [2.05, 4.69) is 4.98 Å². The predicted molar refractivity (Wildman–Crippen MR) is 79.1 cm³/mol. The third-order valence-electron chi connectivity index (χ3n) is 2.64. The highest BCUT2D eigenvalue weighted by Crippen LogP contribution is 2.23. The van der Waals surface area contributed by atoms with Crippen molar-refractivity contribution in [3.63, 3.8) is 0 Å². The van der Waals surface area contributed by atoms with Crippen LogP contribution in [0, 0.1) is 5.92 Å². The van der Waals surface area contributed by atoms with Gasteiger partial charge in [0.1, 0.15) is 11.1 Å². The zero-order chi connectivity index (χ0) is 17.6. The highest BCUT2D eigenvalue weighted by Gasteiger charge is 2.25. The topological polar surface area (TPSA) is 88.5 Å². The van der Waals surface area contributed by atoms with Gasteiger partial charge in [-0.05, 0) is 12.0 Å². The van der Waals surface area contributed by atoms with Crippen LogP contribution < -0.4 is 10.1 Å². The van der Waals surface area contributed by atoms with Crippen LogP contribution >= 0.6 is 11.6 Å². The Hall–Kier alpha value is -1.96. The van der Waals surface area contributed by atoms with E-state index in [0.717, 1.165) is 6.20 Å². The van der Waals surface area contributed by atoms with Gasteiger partial charge in [0.2, 0.25) is 12.3 Å². The number of nitrogens with one attached hydrogen (secondary N) is 1. The Kier molecular flexibility index (Phi) is 7.15. The maximum Gasteiger partial charge on any atom is 0.326 e. The molecule has 23 heavy (non-hydrogen) atoms. The van der Waals surface area contributed by atoms with Crippen LogP contribution in [0.1, 0.15) is 30.6 Å². The number of carbonyl (C=O) groups is 2. The van der Waals surface area contributed by atoms with Crippen molar-refractivity contribution in [2.45, 2.75) is 32.7 Å². The van der Waals surface area contributed by atoms with Crippen LogP contribution in [0.15, 0.2) is 12.3 Å². The van der Waals surface area contributed by atoms with Crippen molar-refractivity contribution in [1.82, 2.24) is 10.3 Å². The highest BCUT2D eigenvalue weighted by molar-refractivity contribution is 6.32. The first-order chi connectivity index (χ1) is 10.7. The number of pyridine rings is 1. The summed E-state index contributed by atoms with van der Waals surface area (Å²) in [6.45, 7) is 4.25. The van der Waals surface area contributed by atoms with E-state index in [1.807, 2.05) is 19.2 Å². The number of carboxylic acids is 1. The van der Waals surface area contributed by atoms with Gasteiger partial charge in [0.05, 0.1) is 12.2 Å². The molecule has 6 nitrogen and oxygen atoms in total. The molecule has 1 atom stereocenters. The fourth-order valence-electron chi connectivity index (χ4n) is 1.54. The van der Waals surface area contributed by atoms with Crippen molar-refractivity contribution in [1.29, 1.82) is 0 Å². The standard InChI is InChI=1S/C14H17ClF2N2O4/c1-7(2)6-23-13-9(15)3-8(5-18-13)12(20)19-10(14(21)22)4-11(16)17/h3,5,7,10-11H,4,6H2,1-2H3,(H,19,20)(H,21,22). The number of halogens is 3. The van der Waals surface area contributed by atoms with Crippen LogP contribution in [0.3, 0.4) is 0 Å². The van der Waals surface area contributed by atoms with Gasteiger partial charge in [-0.15, -0.1) is 0 Å². The van der Waals surface area contributed by atoms with Gasteiger partial charge in [0, 0.05) is 12.6 Å². The summed E-state index contributed by atoms with van der Waals surface area (Å²) in [6.07, 6.45) is -2.71. The zero-order valence-electron chi connectivity index (χ0n) is 12.6. The molecule has 1 heterocycles. The Morgan fingerprint density at radius 1 is 1.43 bits per heavy atom. The van der Waals surface area contributed by atoms with Crippen molar-refractivity contribution in [2.24, 2.45) is 5.92 Å². The third kappa shape index (κ3) is 6.35. The molecule has 1 amide bonds. The number of rotatable bonds is 8. The Bertz CT molecular complexity index is 570. The van der Waals surface area contributed by atoms with Crippen LogP contribution in [-0.2, 0) is 4.79 Å². The number of alkyl halides is 2. The fraction of sp³-hybridized carbons (Fsp3) is 0.500. The Labute approximate surface area is 136 Å². The molecule has 0 spiro atoms. The highest BCUT2D eigenvalue weighted by atomic mass is 35.5. The molecule has 1 aromatic heterocycles. The minimum absolute atomic E-state index is 0.0487. The van der Waals surface area contributed by atoms with Crippen LogP contribution in [0.2, 0.25) is 5.02 Å². The minimum atomic E-state index is -2.86. The average Bonchev–Trinajstić information content (AvgIpc) is 2.44. The SMILES string of the molecule is CC(C)COc1ncc(C(=O)NC(CC(F)F)C(=O)O)cc1Cl. The van der Waals surface area contributed by atoms with E-state index in [0.29, 0.717) is 6.61 Å². The summed E-state index contributed by atoms with van der Waals surface area (Å²) >= 11 is 5.94. The van der Waals surface area contributed by atoms with E-state index in [1.54, 1.807) is 0 Å². The first-order valence-corrected chi connectivity index (χ1v) is 7.18. The number of hydrogen-bond acceptors (Lipinski definition) is 4. The first-order valence-electron chi connectivity index (χ1n) is 6.80. The quantitative estimate of drug-likeness (QED) is 0.752. The molecular formula is C14H17ClF2N2O4. The monoisotopic (exact) mass is 350 g/mol. The average molecular weight is 351 g/mol. The predicted octanol–water partition coefficient (Wildman–Crippen LogP) is 2.61. The molecule has 1 aromatic rings. The molecular weight excluding hydrogens is 334 g/mol. The molecule has 128 valence electrons. The summed E-state index contributed by atoms with van der Waals surface area (Å²) in [7, 11) is 0. The summed E-state index contributed by atoms with van der Waals surface area (Å²) in [4.78, 5) is 26.6. The number of aromatic nitrogens is 1. The van der Waals surface area contributed by atoms with Crippen molar-refractivity contribution in [3.8, 4) is 5.88 Å². The molecule has 0 bridgehead atoms. The second kappa shape index (κ2) is 8.61. The fourth-order valence-corrected chi connectivity index (χ4v) is 1.76. The normalized spacial score (nSPS) is 12.3. The number of amides is 1. The van der Waals surface area contributed by atoms with Crippen molar-refractivity contribution < 1.29 is 28.2 Å². The second-order valence-electron chi connectivity index (χ2n) is 5.21. The molecule has 0 aliphatic heterocycles. The van der Waals surface area contributed by atoms with Crippen LogP contribution in [0.25, 0.3) is 0 Å². The van der Waals surface area contributed by atoms with Crippen LogP contribution in [0.5, 0.6) is 5.88 Å². The lowest BCUT2D eigenvalue weighted by Crippen LogP contribution is -2.42. The largest absolute Gasteiger partial charge is 0.480 e. The van der Waals surface area contributed by atoms with Crippen molar-refractivity contribution >= 4 is 23.5 Å². The molecule has 0 aromatic carbocycles. The maximum atomic E-state index is 12.3. The molecule has 9 heteroatoms.